The van der Waals surface area contributed by atoms with Crippen LogP contribution in [-0.4, -0.2) is 26.8 Å². The maximum Gasteiger partial charge on any atom is 0.161 e. The molecule has 0 bridgehead atoms. The lowest BCUT2D eigenvalue weighted by Gasteiger charge is -2.25. The molecule has 0 amide bonds. The van der Waals surface area contributed by atoms with Gasteiger partial charge in [0.2, 0.25) is 0 Å². The van der Waals surface area contributed by atoms with Gasteiger partial charge in [-0.1, -0.05) is 48.5 Å². The minimum absolute atomic E-state index is 0.0250. The van der Waals surface area contributed by atoms with Gasteiger partial charge in [0.15, 0.2) is 5.17 Å². The number of furan rings is 1. The van der Waals surface area contributed by atoms with E-state index < -0.39 is 0 Å². The van der Waals surface area contributed by atoms with E-state index >= 15 is 0 Å². The maximum atomic E-state index is 6.33. The molecule has 2 aliphatic heterocycles. The summed E-state index contributed by atoms with van der Waals surface area (Å²) in [6, 6.07) is 16.1. The summed E-state index contributed by atoms with van der Waals surface area (Å²) in [7, 11) is 0. The highest BCUT2D eigenvalue weighted by Crippen LogP contribution is 2.48. The number of aliphatic imine (C=N–C) groups is 1. The normalized spacial score (nSPS) is 23.8. The molecule has 0 spiro atoms. The first-order valence-electron chi connectivity index (χ1n) is 9.38. The van der Waals surface area contributed by atoms with Crippen LogP contribution in [0.4, 0.5) is 0 Å². The fraction of sp³-hybridized carbons (Fsp3) is 0.273. The van der Waals surface area contributed by atoms with Crippen molar-refractivity contribution in [3.63, 3.8) is 0 Å². The van der Waals surface area contributed by atoms with E-state index in [1.54, 1.807) is 0 Å². The summed E-state index contributed by atoms with van der Waals surface area (Å²) in [6.07, 6.45) is 1.83. The summed E-state index contributed by atoms with van der Waals surface area (Å²) in [6.45, 7) is 5.20. The third-order valence-electron chi connectivity index (χ3n) is 5.26. The molecule has 0 saturated carbocycles. The number of aromatic nitrogens is 1. The van der Waals surface area contributed by atoms with Crippen LogP contribution in [0.2, 0.25) is 5.02 Å². The number of hydrogen-bond acceptors (Lipinski definition) is 5. The van der Waals surface area contributed by atoms with E-state index in [2.05, 4.69) is 22.9 Å². The van der Waals surface area contributed by atoms with Gasteiger partial charge in [0.05, 0.1) is 5.69 Å². The molecular weight excluding hydrogens is 390 g/mol. The molecule has 28 heavy (non-hydrogen) atoms. The molecule has 1 saturated heterocycles. The van der Waals surface area contributed by atoms with Gasteiger partial charge in [0.25, 0.3) is 0 Å². The van der Waals surface area contributed by atoms with Crippen molar-refractivity contribution >= 4 is 28.5 Å². The SMILES string of the molecule is Cc1ccc(-c2ccc([C@H]3[C@@H](c4ccccn4)N=C4S[C@@H](C)CN43)o2)cc1Cl. The number of halogens is 1. The van der Waals surface area contributed by atoms with Gasteiger partial charge in [0, 0.05) is 28.6 Å². The Labute approximate surface area is 173 Å². The number of hydrogen-bond donors (Lipinski definition) is 0. The number of rotatable bonds is 3. The average molecular weight is 410 g/mol. The van der Waals surface area contributed by atoms with Crippen LogP contribution in [0.5, 0.6) is 0 Å². The lowest BCUT2D eigenvalue weighted by molar-refractivity contribution is 0.277. The van der Waals surface area contributed by atoms with Gasteiger partial charge in [-0.05, 0) is 42.8 Å². The zero-order valence-corrected chi connectivity index (χ0v) is 17.2. The number of pyridine rings is 1. The summed E-state index contributed by atoms with van der Waals surface area (Å²) in [5.74, 6) is 1.74. The van der Waals surface area contributed by atoms with Crippen molar-refractivity contribution in [1.82, 2.24) is 9.88 Å². The van der Waals surface area contributed by atoms with Crippen LogP contribution in [0.15, 0.2) is 64.1 Å². The summed E-state index contributed by atoms with van der Waals surface area (Å²) in [4.78, 5) is 11.9. The summed E-state index contributed by atoms with van der Waals surface area (Å²) in [5, 5.41) is 2.36. The maximum absolute atomic E-state index is 6.33. The van der Waals surface area contributed by atoms with Gasteiger partial charge in [-0.15, -0.1) is 0 Å². The second kappa shape index (κ2) is 6.98. The van der Waals surface area contributed by atoms with Gasteiger partial charge in [-0.2, -0.15) is 0 Å². The third kappa shape index (κ3) is 3.03. The number of amidine groups is 1. The van der Waals surface area contributed by atoms with E-state index in [9.17, 15) is 0 Å². The second-order valence-electron chi connectivity index (χ2n) is 7.30. The van der Waals surface area contributed by atoms with Crippen molar-refractivity contribution in [3.05, 3.63) is 76.8 Å². The van der Waals surface area contributed by atoms with E-state index in [1.165, 1.54) is 0 Å². The van der Waals surface area contributed by atoms with Crippen LogP contribution >= 0.6 is 23.4 Å². The molecule has 0 radical (unpaired) electrons. The van der Waals surface area contributed by atoms with Gasteiger partial charge in [-0.25, -0.2) is 4.99 Å². The van der Waals surface area contributed by atoms with Crippen LogP contribution in [0.1, 0.15) is 36.0 Å². The molecule has 0 unspecified atom stereocenters. The minimum Gasteiger partial charge on any atom is -0.459 e. The van der Waals surface area contributed by atoms with E-state index in [4.69, 9.17) is 21.0 Å². The lowest BCUT2D eigenvalue weighted by atomic mass is 10.0. The molecule has 3 atom stereocenters. The van der Waals surface area contributed by atoms with Crippen molar-refractivity contribution in [3.8, 4) is 11.3 Å². The Kier molecular flexibility index (Phi) is 4.44. The fourth-order valence-electron chi connectivity index (χ4n) is 3.84. The second-order valence-corrected chi connectivity index (χ2v) is 9.12. The monoisotopic (exact) mass is 409 g/mol. The van der Waals surface area contributed by atoms with Crippen LogP contribution in [0.3, 0.4) is 0 Å². The lowest BCUT2D eigenvalue weighted by Crippen LogP contribution is -2.28. The molecule has 1 aromatic carbocycles. The standard InChI is InChI=1S/C22H20ClN3OS/c1-13-6-7-15(11-16(13)23)18-8-9-19(27-18)21-20(17-5-3-4-10-24-17)25-22-26(21)12-14(2)28-22/h3-11,14,20-21H,12H2,1-2H3/t14-,20+,21-/m0/s1. The zero-order valence-electron chi connectivity index (χ0n) is 15.7. The Morgan fingerprint density at radius 2 is 2.07 bits per heavy atom. The average Bonchev–Trinajstić information content (AvgIpc) is 3.38. The first kappa shape index (κ1) is 17.8. The van der Waals surface area contributed by atoms with Crippen LogP contribution in [0.25, 0.3) is 11.3 Å². The number of benzene rings is 1. The predicted molar refractivity (Wildman–Crippen MR) is 115 cm³/mol. The van der Waals surface area contributed by atoms with E-state index in [0.717, 1.165) is 45.1 Å². The molecule has 142 valence electrons. The minimum atomic E-state index is -0.0585. The van der Waals surface area contributed by atoms with Crippen LogP contribution < -0.4 is 0 Å². The molecule has 5 rings (SSSR count). The van der Waals surface area contributed by atoms with E-state index in [0.29, 0.717) is 5.25 Å². The number of fused-ring (bicyclic) bond motifs is 1. The zero-order chi connectivity index (χ0) is 19.3. The highest BCUT2D eigenvalue weighted by atomic mass is 35.5. The molecule has 1 fully saturated rings. The topological polar surface area (TPSA) is 41.6 Å². The molecule has 2 aliphatic rings. The number of thioether (sulfide) groups is 1. The Morgan fingerprint density at radius 3 is 2.86 bits per heavy atom. The fourth-order valence-corrected chi connectivity index (χ4v) is 5.11. The molecular formula is C22H20ClN3OS. The summed E-state index contributed by atoms with van der Waals surface area (Å²) in [5.41, 5.74) is 3.02. The first-order valence-corrected chi connectivity index (χ1v) is 10.6. The smallest absolute Gasteiger partial charge is 0.161 e. The van der Waals surface area contributed by atoms with Crippen molar-refractivity contribution in [1.29, 1.82) is 0 Å². The predicted octanol–water partition coefficient (Wildman–Crippen LogP) is 5.89. The molecule has 0 N–H and O–H groups in total. The molecule has 0 aliphatic carbocycles. The Morgan fingerprint density at radius 1 is 1.18 bits per heavy atom. The quantitative estimate of drug-likeness (QED) is 0.540. The van der Waals surface area contributed by atoms with Gasteiger partial charge in [-0.3, -0.25) is 4.98 Å². The Balaban J connectivity index is 1.53. The highest BCUT2D eigenvalue weighted by Gasteiger charge is 2.45. The molecule has 4 nitrogen and oxygen atoms in total. The van der Waals surface area contributed by atoms with Crippen molar-refractivity contribution in [2.45, 2.75) is 31.2 Å². The highest BCUT2D eigenvalue weighted by molar-refractivity contribution is 8.14. The van der Waals surface area contributed by atoms with Crippen molar-refractivity contribution < 1.29 is 4.42 Å². The van der Waals surface area contributed by atoms with E-state index in [-0.39, 0.29) is 12.1 Å². The largest absolute Gasteiger partial charge is 0.459 e. The summed E-state index contributed by atoms with van der Waals surface area (Å²) < 4.78 is 6.33. The van der Waals surface area contributed by atoms with Gasteiger partial charge in [0.1, 0.15) is 23.6 Å². The Hall–Kier alpha value is -2.24. The molecule has 3 aromatic rings. The molecule has 6 heteroatoms. The van der Waals surface area contributed by atoms with Crippen LogP contribution in [-0.2, 0) is 0 Å². The Bertz CT molecular complexity index is 1050. The van der Waals surface area contributed by atoms with Crippen LogP contribution in [0, 0.1) is 6.92 Å². The number of aryl methyl sites for hydroxylation is 1. The third-order valence-corrected chi connectivity index (χ3v) is 6.77. The van der Waals surface area contributed by atoms with E-state index in [1.807, 2.05) is 67.3 Å². The summed E-state index contributed by atoms with van der Waals surface area (Å²) >= 11 is 8.14. The molecule has 2 aromatic heterocycles. The van der Waals surface area contributed by atoms with Gasteiger partial charge < -0.3 is 9.32 Å². The van der Waals surface area contributed by atoms with Gasteiger partial charge >= 0.3 is 0 Å². The first-order chi connectivity index (χ1) is 13.6. The molecule has 4 heterocycles. The van der Waals surface area contributed by atoms with Crippen molar-refractivity contribution in [2.24, 2.45) is 4.99 Å². The number of nitrogens with zero attached hydrogens (tertiary/aromatic N) is 3. The van der Waals surface area contributed by atoms with Crippen molar-refractivity contribution in [2.75, 3.05) is 6.54 Å².